The molecular formula is C15H29N3. The number of aromatic nitrogens is 2. The summed E-state index contributed by atoms with van der Waals surface area (Å²) < 4.78 is 2.27. The fraction of sp³-hybridized carbons (Fsp3) is 0.800. The Bertz CT molecular complexity index is 330. The minimum Gasteiger partial charge on any atom is -0.315 e. The van der Waals surface area contributed by atoms with Crippen molar-refractivity contribution >= 4 is 0 Å². The van der Waals surface area contributed by atoms with E-state index in [1.165, 1.54) is 30.7 Å². The van der Waals surface area contributed by atoms with E-state index in [0.717, 1.165) is 25.9 Å². The van der Waals surface area contributed by atoms with Crippen molar-refractivity contribution in [2.75, 3.05) is 13.1 Å². The van der Waals surface area contributed by atoms with Crippen molar-refractivity contribution in [3.05, 3.63) is 17.5 Å². The molecule has 1 unspecified atom stereocenters. The number of hydrogen-bond donors (Lipinski definition) is 1. The predicted octanol–water partition coefficient (Wildman–Crippen LogP) is 3.35. The van der Waals surface area contributed by atoms with E-state index in [1.807, 2.05) is 0 Å². The minimum atomic E-state index is 0.511. The van der Waals surface area contributed by atoms with E-state index >= 15 is 0 Å². The second kappa shape index (κ2) is 8.30. The van der Waals surface area contributed by atoms with Gasteiger partial charge in [0.2, 0.25) is 0 Å². The van der Waals surface area contributed by atoms with Gasteiger partial charge in [-0.2, -0.15) is 5.10 Å². The molecule has 3 heteroatoms. The molecule has 0 aromatic carbocycles. The predicted molar refractivity (Wildman–Crippen MR) is 78.1 cm³/mol. The van der Waals surface area contributed by atoms with Crippen molar-refractivity contribution < 1.29 is 0 Å². The summed E-state index contributed by atoms with van der Waals surface area (Å²) in [6.45, 7) is 11.0. The van der Waals surface area contributed by atoms with Gasteiger partial charge in [0.05, 0.1) is 11.7 Å². The van der Waals surface area contributed by atoms with Crippen LogP contribution in [0.15, 0.2) is 6.07 Å². The van der Waals surface area contributed by atoms with E-state index < -0.39 is 0 Å². The van der Waals surface area contributed by atoms with Crippen LogP contribution in [0.4, 0.5) is 0 Å². The van der Waals surface area contributed by atoms with Crippen LogP contribution >= 0.6 is 0 Å². The maximum atomic E-state index is 4.77. The Morgan fingerprint density at radius 3 is 2.50 bits per heavy atom. The number of nitrogens with one attached hydrogen (secondary N) is 1. The van der Waals surface area contributed by atoms with Crippen molar-refractivity contribution in [1.82, 2.24) is 15.1 Å². The highest BCUT2D eigenvalue weighted by molar-refractivity contribution is 5.11. The fourth-order valence-corrected chi connectivity index (χ4v) is 2.33. The number of hydrogen-bond acceptors (Lipinski definition) is 2. The highest BCUT2D eigenvalue weighted by Crippen LogP contribution is 2.17. The van der Waals surface area contributed by atoms with Crippen LogP contribution in [0.25, 0.3) is 0 Å². The molecule has 0 aliphatic rings. The Morgan fingerprint density at radius 2 is 1.94 bits per heavy atom. The van der Waals surface area contributed by atoms with Gasteiger partial charge in [-0.25, -0.2) is 0 Å². The number of nitrogens with zero attached hydrogens (tertiary/aromatic N) is 2. The molecule has 0 saturated carbocycles. The molecule has 1 aromatic heterocycles. The van der Waals surface area contributed by atoms with Gasteiger partial charge in [-0.1, -0.05) is 34.1 Å². The zero-order valence-corrected chi connectivity index (χ0v) is 12.5. The first-order chi connectivity index (χ1) is 8.76. The van der Waals surface area contributed by atoms with E-state index in [2.05, 4.69) is 43.8 Å². The van der Waals surface area contributed by atoms with Crippen LogP contribution in [0.1, 0.15) is 64.4 Å². The van der Waals surface area contributed by atoms with Crippen molar-refractivity contribution in [2.45, 2.75) is 65.8 Å². The fourth-order valence-electron chi connectivity index (χ4n) is 2.33. The van der Waals surface area contributed by atoms with Gasteiger partial charge in [-0.15, -0.1) is 0 Å². The lowest BCUT2D eigenvalue weighted by Crippen LogP contribution is -2.27. The first-order valence-corrected chi connectivity index (χ1v) is 7.54. The van der Waals surface area contributed by atoms with Crippen LogP contribution in [0.5, 0.6) is 0 Å². The van der Waals surface area contributed by atoms with Crippen LogP contribution < -0.4 is 5.32 Å². The topological polar surface area (TPSA) is 29.9 Å². The molecule has 0 bridgehead atoms. The molecule has 104 valence electrons. The molecule has 1 rings (SSSR count). The van der Waals surface area contributed by atoms with Gasteiger partial charge < -0.3 is 5.32 Å². The molecule has 3 nitrogen and oxygen atoms in total. The van der Waals surface area contributed by atoms with Gasteiger partial charge in [0, 0.05) is 12.2 Å². The number of rotatable bonds is 9. The van der Waals surface area contributed by atoms with Gasteiger partial charge in [0.25, 0.3) is 0 Å². The summed E-state index contributed by atoms with van der Waals surface area (Å²) in [5.41, 5.74) is 2.60. The summed E-state index contributed by atoms with van der Waals surface area (Å²) in [5, 5.41) is 8.31. The third-order valence-corrected chi connectivity index (χ3v) is 3.36. The van der Waals surface area contributed by atoms with E-state index in [1.54, 1.807) is 0 Å². The molecule has 0 fully saturated rings. The monoisotopic (exact) mass is 251 g/mol. The molecule has 1 N–H and O–H groups in total. The van der Waals surface area contributed by atoms with Gasteiger partial charge in [-0.3, -0.25) is 4.68 Å². The summed E-state index contributed by atoms with van der Waals surface area (Å²) in [6.07, 6.45) is 5.71. The maximum Gasteiger partial charge on any atom is 0.0646 e. The zero-order chi connectivity index (χ0) is 13.4. The minimum absolute atomic E-state index is 0.511. The molecule has 0 spiro atoms. The molecule has 0 radical (unpaired) electrons. The quantitative estimate of drug-likeness (QED) is 0.682. The van der Waals surface area contributed by atoms with Gasteiger partial charge in [0.1, 0.15) is 0 Å². The van der Waals surface area contributed by atoms with Crippen molar-refractivity contribution in [3.63, 3.8) is 0 Å². The molecule has 0 amide bonds. The molecule has 1 aromatic rings. The lowest BCUT2D eigenvalue weighted by molar-refractivity contribution is 0.384. The normalized spacial score (nSPS) is 12.9. The largest absolute Gasteiger partial charge is 0.315 e. The standard InChI is InChI=1S/C15H29N3/c1-5-9-15(12-16-10-6-2)18-14(8-4)11-13(7-3)17-18/h11,15-16H,5-10,12H2,1-4H3. The molecule has 0 saturated heterocycles. The highest BCUT2D eigenvalue weighted by Gasteiger charge is 2.15. The lowest BCUT2D eigenvalue weighted by atomic mass is 10.1. The second-order valence-corrected chi connectivity index (χ2v) is 4.93. The Balaban J connectivity index is 2.78. The number of aryl methyl sites for hydroxylation is 2. The summed E-state index contributed by atoms with van der Waals surface area (Å²) in [5.74, 6) is 0. The smallest absolute Gasteiger partial charge is 0.0646 e. The summed E-state index contributed by atoms with van der Waals surface area (Å²) in [7, 11) is 0. The zero-order valence-electron chi connectivity index (χ0n) is 12.5. The van der Waals surface area contributed by atoms with Crippen LogP contribution in [-0.4, -0.2) is 22.9 Å². The van der Waals surface area contributed by atoms with E-state index in [9.17, 15) is 0 Å². The second-order valence-electron chi connectivity index (χ2n) is 4.93. The van der Waals surface area contributed by atoms with Gasteiger partial charge >= 0.3 is 0 Å². The van der Waals surface area contributed by atoms with Crippen molar-refractivity contribution in [2.24, 2.45) is 0 Å². The molecule has 0 aliphatic heterocycles. The van der Waals surface area contributed by atoms with Crippen LogP contribution in [0.2, 0.25) is 0 Å². The third kappa shape index (κ3) is 4.13. The van der Waals surface area contributed by atoms with Gasteiger partial charge in [-0.05, 0) is 38.3 Å². The van der Waals surface area contributed by atoms with Crippen molar-refractivity contribution in [1.29, 1.82) is 0 Å². The highest BCUT2D eigenvalue weighted by atomic mass is 15.3. The molecule has 18 heavy (non-hydrogen) atoms. The van der Waals surface area contributed by atoms with E-state index in [4.69, 9.17) is 5.10 Å². The first kappa shape index (κ1) is 15.2. The average Bonchev–Trinajstić information content (AvgIpc) is 2.81. The molecular weight excluding hydrogens is 222 g/mol. The third-order valence-electron chi connectivity index (χ3n) is 3.36. The molecule has 1 heterocycles. The van der Waals surface area contributed by atoms with Gasteiger partial charge in [0.15, 0.2) is 0 Å². The van der Waals surface area contributed by atoms with Crippen molar-refractivity contribution in [3.8, 4) is 0 Å². The van der Waals surface area contributed by atoms with E-state index in [0.29, 0.717) is 6.04 Å². The Labute approximate surface area is 112 Å². The first-order valence-electron chi connectivity index (χ1n) is 7.54. The molecule has 1 atom stereocenters. The average molecular weight is 251 g/mol. The van der Waals surface area contributed by atoms with E-state index in [-0.39, 0.29) is 0 Å². The maximum absolute atomic E-state index is 4.77. The Kier molecular flexibility index (Phi) is 7.02. The Morgan fingerprint density at radius 1 is 1.17 bits per heavy atom. The molecule has 0 aliphatic carbocycles. The SMILES string of the molecule is CCCNCC(CCC)n1nc(CC)cc1CC. The lowest BCUT2D eigenvalue weighted by Gasteiger charge is -2.20. The summed E-state index contributed by atoms with van der Waals surface area (Å²) in [6, 6.07) is 2.78. The summed E-state index contributed by atoms with van der Waals surface area (Å²) >= 11 is 0. The van der Waals surface area contributed by atoms with Crippen LogP contribution in [-0.2, 0) is 12.8 Å². The van der Waals surface area contributed by atoms with Crippen LogP contribution in [0, 0.1) is 0 Å². The van der Waals surface area contributed by atoms with Crippen LogP contribution in [0.3, 0.4) is 0 Å². The Hall–Kier alpha value is -0.830. The summed E-state index contributed by atoms with van der Waals surface area (Å²) in [4.78, 5) is 0.